The van der Waals surface area contributed by atoms with E-state index in [1.807, 2.05) is 6.92 Å². The molecule has 1 saturated heterocycles. The second-order valence-electron chi connectivity index (χ2n) is 5.33. The molecule has 0 aromatic rings. The Labute approximate surface area is 111 Å². The maximum Gasteiger partial charge on any atom is 0.236 e. The Morgan fingerprint density at radius 1 is 1.33 bits per heavy atom. The van der Waals surface area contributed by atoms with Gasteiger partial charge in [-0.3, -0.25) is 9.69 Å². The molecule has 18 heavy (non-hydrogen) atoms. The first-order valence-corrected chi connectivity index (χ1v) is 7.00. The van der Waals surface area contributed by atoms with Crippen LogP contribution >= 0.6 is 0 Å². The van der Waals surface area contributed by atoms with Gasteiger partial charge < -0.3 is 16.0 Å². The summed E-state index contributed by atoms with van der Waals surface area (Å²) in [5, 5.41) is 2.96. The van der Waals surface area contributed by atoms with Gasteiger partial charge in [-0.25, -0.2) is 0 Å². The second-order valence-corrected chi connectivity index (χ2v) is 5.33. The fraction of sp³-hybridized carbons (Fsp3) is 0.923. The van der Waals surface area contributed by atoms with Crippen molar-refractivity contribution in [2.75, 3.05) is 39.8 Å². The number of nitrogens with one attached hydrogen (secondary N) is 1. The fourth-order valence-corrected chi connectivity index (χ4v) is 2.21. The molecule has 0 bridgehead atoms. The summed E-state index contributed by atoms with van der Waals surface area (Å²) in [6.45, 7) is 9.27. The van der Waals surface area contributed by atoms with Crippen LogP contribution in [0.4, 0.5) is 0 Å². The Balaban J connectivity index is 2.24. The number of rotatable bonds is 6. The smallest absolute Gasteiger partial charge is 0.236 e. The number of hydrogen-bond donors (Lipinski definition) is 2. The lowest BCUT2D eigenvalue weighted by Gasteiger charge is -2.36. The predicted molar refractivity (Wildman–Crippen MR) is 74.4 cm³/mol. The van der Waals surface area contributed by atoms with Crippen LogP contribution in [0, 0.1) is 0 Å². The third-order valence-electron chi connectivity index (χ3n) is 3.67. The molecule has 2 unspecified atom stereocenters. The molecule has 1 aliphatic rings. The minimum atomic E-state index is -0.352. The molecule has 1 aliphatic heterocycles. The zero-order valence-electron chi connectivity index (χ0n) is 12.0. The van der Waals surface area contributed by atoms with Crippen molar-refractivity contribution in [1.29, 1.82) is 0 Å². The van der Waals surface area contributed by atoms with E-state index in [0.717, 1.165) is 39.0 Å². The largest absolute Gasteiger partial charge is 0.353 e. The molecule has 0 aromatic heterocycles. The summed E-state index contributed by atoms with van der Waals surface area (Å²) in [5.41, 5.74) is 5.78. The summed E-state index contributed by atoms with van der Waals surface area (Å²) >= 11 is 0. The highest BCUT2D eigenvalue weighted by Crippen LogP contribution is 2.04. The van der Waals surface area contributed by atoms with Gasteiger partial charge in [-0.2, -0.15) is 0 Å². The Bertz CT molecular complexity index is 251. The van der Waals surface area contributed by atoms with E-state index in [0.29, 0.717) is 12.6 Å². The first-order valence-electron chi connectivity index (χ1n) is 7.00. The number of hydrogen-bond acceptors (Lipinski definition) is 4. The molecule has 5 nitrogen and oxygen atoms in total. The molecule has 0 aromatic carbocycles. The molecule has 1 fully saturated rings. The molecule has 106 valence electrons. The van der Waals surface area contributed by atoms with E-state index in [2.05, 4.69) is 29.1 Å². The van der Waals surface area contributed by atoms with Gasteiger partial charge in [0.1, 0.15) is 0 Å². The lowest BCUT2D eigenvalue weighted by molar-refractivity contribution is -0.122. The summed E-state index contributed by atoms with van der Waals surface area (Å²) in [5.74, 6) is -0.0159. The van der Waals surface area contributed by atoms with Crippen molar-refractivity contribution < 1.29 is 4.79 Å². The van der Waals surface area contributed by atoms with Crippen LogP contribution in [0.25, 0.3) is 0 Å². The summed E-state index contributed by atoms with van der Waals surface area (Å²) in [7, 11) is 2.15. The van der Waals surface area contributed by atoms with Crippen LogP contribution < -0.4 is 11.1 Å². The van der Waals surface area contributed by atoms with Crippen molar-refractivity contribution >= 4 is 5.91 Å². The van der Waals surface area contributed by atoms with Gasteiger partial charge in [0.2, 0.25) is 5.91 Å². The van der Waals surface area contributed by atoms with E-state index in [1.54, 1.807) is 0 Å². The van der Waals surface area contributed by atoms with Crippen LogP contribution in [-0.2, 0) is 4.79 Å². The standard InChI is InChI=1S/C13H28N4O/c1-4-5-12(14)13(18)15-10-11(2)17-8-6-16(3)7-9-17/h11-12H,4-10,14H2,1-3H3,(H,15,18). The zero-order chi connectivity index (χ0) is 13.5. The van der Waals surface area contributed by atoms with Gasteiger partial charge in [0.05, 0.1) is 6.04 Å². The maximum absolute atomic E-state index is 11.7. The van der Waals surface area contributed by atoms with Crippen molar-refractivity contribution in [3.63, 3.8) is 0 Å². The van der Waals surface area contributed by atoms with E-state index < -0.39 is 0 Å². The molecule has 5 heteroatoms. The Morgan fingerprint density at radius 3 is 2.50 bits per heavy atom. The Kier molecular flexibility index (Phi) is 6.60. The first-order chi connectivity index (χ1) is 8.54. The molecular weight excluding hydrogens is 228 g/mol. The van der Waals surface area contributed by atoms with Gasteiger partial charge in [-0.15, -0.1) is 0 Å². The number of carbonyl (C=O) groups is 1. The third kappa shape index (κ3) is 4.92. The van der Waals surface area contributed by atoms with Gasteiger partial charge in [0.15, 0.2) is 0 Å². The lowest BCUT2D eigenvalue weighted by atomic mass is 10.1. The van der Waals surface area contributed by atoms with Crippen molar-refractivity contribution in [1.82, 2.24) is 15.1 Å². The van der Waals surface area contributed by atoms with Gasteiger partial charge >= 0.3 is 0 Å². The first kappa shape index (κ1) is 15.4. The van der Waals surface area contributed by atoms with Crippen LogP contribution in [-0.4, -0.2) is 67.6 Å². The minimum Gasteiger partial charge on any atom is -0.353 e. The molecule has 0 radical (unpaired) electrons. The second kappa shape index (κ2) is 7.71. The average Bonchev–Trinajstić information content (AvgIpc) is 2.36. The normalized spacial score (nSPS) is 21.6. The van der Waals surface area contributed by atoms with Gasteiger partial charge in [0, 0.05) is 38.8 Å². The summed E-state index contributed by atoms with van der Waals surface area (Å²) in [4.78, 5) is 16.5. The van der Waals surface area contributed by atoms with Crippen LogP contribution in [0.1, 0.15) is 26.7 Å². The Hall–Kier alpha value is -0.650. The molecule has 2 atom stereocenters. The molecule has 1 amide bonds. The van der Waals surface area contributed by atoms with E-state index in [1.165, 1.54) is 0 Å². The van der Waals surface area contributed by atoms with Crippen molar-refractivity contribution in [3.05, 3.63) is 0 Å². The molecule has 1 heterocycles. The van der Waals surface area contributed by atoms with Crippen molar-refractivity contribution in [2.24, 2.45) is 5.73 Å². The van der Waals surface area contributed by atoms with Crippen LogP contribution in [0.2, 0.25) is 0 Å². The number of amides is 1. The van der Waals surface area contributed by atoms with E-state index in [9.17, 15) is 4.79 Å². The van der Waals surface area contributed by atoms with Gasteiger partial charge in [-0.05, 0) is 20.4 Å². The SMILES string of the molecule is CCCC(N)C(=O)NCC(C)N1CCN(C)CC1. The van der Waals surface area contributed by atoms with Crippen LogP contribution in [0.5, 0.6) is 0 Å². The number of carbonyl (C=O) groups excluding carboxylic acids is 1. The fourth-order valence-electron chi connectivity index (χ4n) is 2.21. The predicted octanol–water partition coefficient (Wildman–Crippen LogP) is -0.134. The quantitative estimate of drug-likeness (QED) is 0.695. The van der Waals surface area contributed by atoms with Crippen LogP contribution in [0.15, 0.2) is 0 Å². The van der Waals surface area contributed by atoms with Crippen molar-refractivity contribution in [2.45, 2.75) is 38.8 Å². The van der Waals surface area contributed by atoms with E-state index >= 15 is 0 Å². The summed E-state index contributed by atoms with van der Waals surface area (Å²) < 4.78 is 0. The number of nitrogens with zero attached hydrogens (tertiary/aromatic N) is 2. The molecule has 0 saturated carbocycles. The monoisotopic (exact) mass is 256 g/mol. The van der Waals surface area contributed by atoms with E-state index in [4.69, 9.17) is 5.73 Å². The topological polar surface area (TPSA) is 61.6 Å². The van der Waals surface area contributed by atoms with E-state index in [-0.39, 0.29) is 11.9 Å². The zero-order valence-corrected chi connectivity index (χ0v) is 12.0. The molecule has 0 aliphatic carbocycles. The highest BCUT2D eigenvalue weighted by molar-refractivity contribution is 5.81. The molecule has 0 spiro atoms. The summed E-state index contributed by atoms with van der Waals surface area (Å²) in [6.07, 6.45) is 1.71. The average molecular weight is 256 g/mol. The molecular formula is C13H28N4O. The Morgan fingerprint density at radius 2 is 1.94 bits per heavy atom. The highest BCUT2D eigenvalue weighted by Gasteiger charge is 2.20. The third-order valence-corrected chi connectivity index (χ3v) is 3.67. The minimum absolute atomic E-state index is 0.0159. The highest BCUT2D eigenvalue weighted by atomic mass is 16.2. The lowest BCUT2D eigenvalue weighted by Crippen LogP contribution is -2.52. The number of piperazine rings is 1. The van der Waals surface area contributed by atoms with Gasteiger partial charge in [0.25, 0.3) is 0 Å². The molecule has 1 rings (SSSR count). The number of nitrogens with two attached hydrogens (primary N) is 1. The maximum atomic E-state index is 11.7. The van der Waals surface area contributed by atoms with Gasteiger partial charge in [-0.1, -0.05) is 13.3 Å². The van der Waals surface area contributed by atoms with Crippen molar-refractivity contribution in [3.8, 4) is 0 Å². The van der Waals surface area contributed by atoms with Crippen LogP contribution in [0.3, 0.4) is 0 Å². The molecule has 3 N–H and O–H groups in total. The number of likely N-dealkylation sites (N-methyl/N-ethyl adjacent to an activating group) is 1. The summed E-state index contributed by atoms with van der Waals surface area (Å²) in [6, 6.07) is 0.0335.